The van der Waals surface area contributed by atoms with Crippen LogP contribution in [0.1, 0.15) is 45.1 Å². The third-order valence-corrected chi connectivity index (χ3v) is 14.6. The number of nitrogens with zero attached hydrogens (tertiary/aromatic N) is 2. The van der Waals surface area contributed by atoms with Crippen LogP contribution in [0.4, 0.5) is 4.39 Å². The quantitative estimate of drug-likeness (QED) is 0.123. The number of hydrogen-bond donors (Lipinski definition) is 0. The fourth-order valence-electron chi connectivity index (χ4n) is 7.20. The van der Waals surface area contributed by atoms with Crippen molar-refractivity contribution in [2.75, 3.05) is 0 Å². The van der Waals surface area contributed by atoms with Gasteiger partial charge in [-0.25, -0.2) is 4.39 Å². The molecule has 0 saturated heterocycles. The van der Waals surface area contributed by atoms with Gasteiger partial charge in [0.05, 0.1) is 5.58 Å². The van der Waals surface area contributed by atoms with Crippen LogP contribution in [0.15, 0.2) is 120 Å². The van der Waals surface area contributed by atoms with Gasteiger partial charge >= 0.3 is 99.8 Å². The molecule has 4 aromatic carbocycles. The van der Waals surface area contributed by atoms with E-state index in [9.17, 15) is 4.39 Å². The van der Waals surface area contributed by atoms with Crippen LogP contribution >= 0.6 is 0 Å². The Labute approximate surface area is 317 Å². The molecule has 51 heavy (non-hydrogen) atoms. The molecule has 1 radical (unpaired) electrons. The molecule has 1 saturated carbocycles. The van der Waals surface area contributed by atoms with Crippen LogP contribution in [0.25, 0.3) is 55.6 Å². The number of benzene rings is 4. The molecule has 6 heteroatoms. The molecule has 7 aromatic rings. The van der Waals surface area contributed by atoms with E-state index in [1.165, 1.54) is 41.7 Å². The molecule has 8 rings (SSSR count). The van der Waals surface area contributed by atoms with Crippen molar-refractivity contribution in [2.45, 2.75) is 62.2 Å². The average Bonchev–Trinajstić information content (AvgIpc) is 3.82. The molecule has 1 fully saturated rings. The molecule has 0 atom stereocenters. The van der Waals surface area contributed by atoms with Gasteiger partial charge in [-0.3, -0.25) is 0 Å². The Morgan fingerprint density at radius 3 is 2.27 bits per heavy atom. The molecule has 0 aliphatic heterocycles. The van der Waals surface area contributed by atoms with Gasteiger partial charge < -0.3 is 9.40 Å². The smallest absolute Gasteiger partial charge is 0 e. The van der Waals surface area contributed by atoms with Gasteiger partial charge in [0.15, 0.2) is 0 Å². The number of aromatic nitrogens is 2. The number of pyridine rings is 2. The number of furan rings is 1. The molecular weight excluding hydrogens is 868 g/mol. The van der Waals surface area contributed by atoms with E-state index in [1.807, 2.05) is 73.1 Å². The van der Waals surface area contributed by atoms with Crippen LogP contribution in [0.3, 0.4) is 0 Å². The third-order valence-electron chi connectivity index (χ3n) is 10.4. The fraction of sp³-hybridized carbons (Fsp3) is 0.244. The second kappa shape index (κ2) is 15.4. The zero-order valence-electron chi connectivity index (χ0n) is 29.9. The van der Waals surface area contributed by atoms with Crippen molar-refractivity contribution in [3.05, 3.63) is 139 Å². The predicted octanol–water partition coefficient (Wildman–Crippen LogP) is 11.8. The molecule has 3 nitrogen and oxygen atoms in total. The Bertz CT molecular complexity index is 2250. The van der Waals surface area contributed by atoms with E-state index in [-0.39, 0.29) is 31.3 Å². The summed E-state index contributed by atoms with van der Waals surface area (Å²) in [6.45, 7) is 4.72. The summed E-state index contributed by atoms with van der Waals surface area (Å²) in [6.07, 6.45) is 9.18. The molecule has 0 amide bonds. The molecule has 1 aliphatic rings. The van der Waals surface area contributed by atoms with Gasteiger partial charge in [0.2, 0.25) is 0 Å². The summed E-state index contributed by atoms with van der Waals surface area (Å²) in [5.41, 5.74) is 8.11. The van der Waals surface area contributed by atoms with Gasteiger partial charge in [0, 0.05) is 37.3 Å². The zero-order chi connectivity index (χ0) is 34.9. The fourth-order valence-corrected chi connectivity index (χ4v) is 9.37. The Morgan fingerprint density at radius 2 is 1.57 bits per heavy atom. The van der Waals surface area contributed by atoms with Crippen molar-refractivity contribution >= 4 is 39.6 Å². The van der Waals surface area contributed by atoms with Crippen molar-refractivity contribution in [2.24, 2.45) is 5.92 Å². The topological polar surface area (TPSA) is 38.9 Å². The van der Waals surface area contributed by atoms with E-state index < -0.39 is 13.3 Å². The van der Waals surface area contributed by atoms with Crippen LogP contribution in [0.5, 0.6) is 0 Å². The van der Waals surface area contributed by atoms with Gasteiger partial charge in [0.1, 0.15) is 11.4 Å². The predicted molar refractivity (Wildman–Crippen MR) is 208 cm³/mol. The van der Waals surface area contributed by atoms with Crippen molar-refractivity contribution in [3.8, 4) is 33.6 Å². The summed E-state index contributed by atoms with van der Waals surface area (Å²) >= 11 is -1.72. The molecule has 1 aliphatic carbocycles. The van der Waals surface area contributed by atoms with E-state index in [0.717, 1.165) is 50.0 Å². The number of fused-ring (bicyclic) bond motifs is 3. The van der Waals surface area contributed by atoms with E-state index in [2.05, 4.69) is 72.5 Å². The van der Waals surface area contributed by atoms with E-state index in [1.54, 1.807) is 12.1 Å². The first-order chi connectivity index (χ1) is 24.1. The molecule has 0 bridgehead atoms. The minimum Gasteiger partial charge on any atom is 0 e. The molecular formula is C45H43FGeIrN2O-2. The van der Waals surface area contributed by atoms with Gasteiger partial charge in [-0.05, 0) is 59.2 Å². The first-order valence-electron chi connectivity index (χ1n) is 17.6. The van der Waals surface area contributed by atoms with E-state index >= 15 is 0 Å². The van der Waals surface area contributed by atoms with E-state index in [4.69, 9.17) is 9.40 Å². The minimum absolute atomic E-state index is 0. The SMILES string of the molecule is CC(C)(c1ccnc(-c2[c-]ccc3c2oc2cc(-c4ccccc4F)ccc23)c1)C1CCCC1.[CH3][Ge]([CH3])([CH3])[c]1ccc(-c2[c-]cccc2)nc1.[Ir]. The maximum absolute atomic E-state index is 14.4. The van der Waals surface area contributed by atoms with Gasteiger partial charge in [0.25, 0.3) is 0 Å². The molecule has 3 heterocycles. The summed E-state index contributed by atoms with van der Waals surface area (Å²) in [7, 11) is 0. The summed E-state index contributed by atoms with van der Waals surface area (Å²) in [5, 5.41) is 2.03. The summed E-state index contributed by atoms with van der Waals surface area (Å²) in [4.78, 5) is 9.24. The maximum Gasteiger partial charge on any atom is 0 e. The second-order valence-electron chi connectivity index (χ2n) is 15.0. The van der Waals surface area contributed by atoms with Gasteiger partial charge in [-0.1, -0.05) is 74.0 Å². The number of halogens is 1. The largest absolute Gasteiger partial charge is 0 e. The average molecular weight is 912 g/mol. The maximum atomic E-state index is 14.4. The summed E-state index contributed by atoms with van der Waals surface area (Å²) < 4.78 is 22.2. The molecule has 0 N–H and O–H groups in total. The molecule has 3 aromatic heterocycles. The molecule has 0 unspecified atom stereocenters. The first-order valence-corrected chi connectivity index (χ1v) is 25.0. The summed E-state index contributed by atoms with van der Waals surface area (Å²) in [6, 6.07) is 39.9. The first kappa shape index (κ1) is 36.9. The normalized spacial score (nSPS) is 13.5. The number of hydrogen-bond acceptors (Lipinski definition) is 3. The van der Waals surface area contributed by atoms with Crippen LogP contribution < -0.4 is 4.40 Å². The van der Waals surface area contributed by atoms with Crippen LogP contribution in [0.2, 0.25) is 17.3 Å². The van der Waals surface area contributed by atoms with Gasteiger partial charge in [-0.15, -0.1) is 18.2 Å². The van der Waals surface area contributed by atoms with Crippen molar-refractivity contribution in [3.63, 3.8) is 0 Å². The van der Waals surface area contributed by atoms with Crippen molar-refractivity contribution < 1.29 is 28.9 Å². The standard InChI is InChI=1S/C31H27FNO.C14H16GeN.Ir/c1-31(2,21-8-3-4-9-21)22-16-17-33-28(19-22)26-12-7-11-25-24-15-14-20(18-29(24)34-30(25)26)23-10-5-6-13-27(23)32;1-15(2,3)13-9-10-14(16-11-13)12-7-5-4-6-8-12;/h5-7,10-11,13-19,21H,3-4,8-9H2,1-2H3;4-7,9-11H,1-3H3;/q2*-1;. The van der Waals surface area contributed by atoms with Crippen molar-refractivity contribution in [1.29, 1.82) is 0 Å². The summed E-state index contributed by atoms with van der Waals surface area (Å²) in [5.74, 6) is 7.60. The number of rotatable bonds is 6. The molecule has 261 valence electrons. The van der Waals surface area contributed by atoms with Crippen molar-refractivity contribution in [1.82, 2.24) is 9.97 Å². The van der Waals surface area contributed by atoms with E-state index in [0.29, 0.717) is 11.5 Å². The molecule has 0 spiro atoms. The van der Waals surface area contributed by atoms with Crippen LogP contribution in [-0.4, -0.2) is 23.2 Å². The second-order valence-corrected chi connectivity index (χ2v) is 25.6. The zero-order valence-corrected chi connectivity index (χ0v) is 34.4. The monoisotopic (exact) mass is 913 g/mol. The Hall–Kier alpha value is -3.90. The Balaban J connectivity index is 0.000000222. The van der Waals surface area contributed by atoms with Gasteiger partial charge in [-0.2, -0.15) is 0 Å². The van der Waals surface area contributed by atoms with Crippen LogP contribution in [-0.2, 0) is 25.5 Å². The minimum atomic E-state index is -1.72. The Morgan fingerprint density at radius 1 is 0.784 bits per heavy atom. The Kier molecular flexibility index (Phi) is 11.1. The third kappa shape index (κ3) is 7.82. The van der Waals surface area contributed by atoms with Crippen LogP contribution in [0, 0.1) is 23.9 Å².